The highest BCUT2D eigenvalue weighted by molar-refractivity contribution is 8.01. The van der Waals surface area contributed by atoms with Gasteiger partial charge >= 0.3 is 5.97 Å². The van der Waals surface area contributed by atoms with Crippen LogP contribution in [-0.2, 0) is 14.3 Å². The maximum absolute atomic E-state index is 11.9. The van der Waals surface area contributed by atoms with E-state index >= 15 is 0 Å². The number of ketones is 1. The number of carbonyl (C=O) groups is 2. The van der Waals surface area contributed by atoms with Gasteiger partial charge in [-0.05, 0) is 18.6 Å². The first-order chi connectivity index (χ1) is 8.10. The van der Waals surface area contributed by atoms with E-state index in [1.165, 1.54) is 24.8 Å². The zero-order chi connectivity index (χ0) is 12.5. The Bertz CT molecular complexity index is 374. The smallest absolute Gasteiger partial charge is 0.334 e. The predicted octanol–water partition coefficient (Wildman–Crippen LogP) is 1.56. The minimum absolute atomic E-state index is 0.103. The normalized spacial score (nSPS) is 28.2. The second-order valence-electron chi connectivity index (χ2n) is 4.25. The van der Waals surface area contributed by atoms with E-state index in [9.17, 15) is 9.59 Å². The fourth-order valence-electron chi connectivity index (χ4n) is 2.35. The SMILES string of the molecule is CCSC1(C(C)=O)OC(=O)C=C1N1CCCC1. The van der Waals surface area contributed by atoms with Crippen LogP contribution in [-0.4, -0.2) is 40.4 Å². The molecule has 1 atom stereocenters. The molecule has 94 valence electrons. The number of likely N-dealkylation sites (tertiary alicyclic amines) is 1. The largest absolute Gasteiger partial charge is 0.431 e. The molecule has 0 saturated carbocycles. The van der Waals surface area contributed by atoms with Crippen molar-refractivity contribution in [2.45, 2.75) is 31.6 Å². The predicted molar refractivity (Wildman–Crippen MR) is 66.5 cm³/mol. The Morgan fingerprint density at radius 1 is 1.53 bits per heavy atom. The van der Waals surface area contributed by atoms with Crippen LogP contribution < -0.4 is 0 Å². The number of hydrogen-bond acceptors (Lipinski definition) is 5. The van der Waals surface area contributed by atoms with Crippen molar-refractivity contribution in [2.24, 2.45) is 0 Å². The summed E-state index contributed by atoms with van der Waals surface area (Å²) in [4.78, 5) is 24.4. The van der Waals surface area contributed by atoms with Crippen molar-refractivity contribution in [1.82, 2.24) is 4.90 Å². The van der Waals surface area contributed by atoms with E-state index in [0.29, 0.717) is 0 Å². The molecule has 0 aliphatic carbocycles. The molecule has 2 rings (SSSR count). The summed E-state index contributed by atoms with van der Waals surface area (Å²) in [6.07, 6.45) is 3.70. The summed E-state index contributed by atoms with van der Waals surface area (Å²) < 4.78 is 5.32. The second-order valence-corrected chi connectivity index (χ2v) is 5.69. The fourth-order valence-corrected chi connectivity index (χ4v) is 3.43. The number of Topliss-reactive ketones (excluding diaryl/α,β-unsaturated/α-hetero) is 1. The lowest BCUT2D eigenvalue weighted by Crippen LogP contribution is -2.42. The first kappa shape index (κ1) is 12.5. The molecule has 2 aliphatic heterocycles. The highest BCUT2D eigenvalue weighted by Crippen LogP contribution is 2.42. The molecule has 0 aromatic carbocycles. The van der Waals surface area contributed by atoms with Gasteiger partial charge < -0.3 is 9.64 Å². The number of cyclic esters (lactones) is 1. The van der Waals surface area contributed by atoms with Crippen LogP contribution in [0.15, 0.2) is 11.8 Å². The average Bonchev–Trinajstić information content (AvgIpc) is 2.86. The Morgan fingerprint density at radius 2 is 2.18 bits per heavy atom. The van der Waals surface area contributed by atoms with Crippen molar-refractivity contribution in [3.8, 4) is 0 Å². The fraction of sp³-hybridized carbons (Fsp3) is 0.667. The third-order valence-electron chi connectivity index (χ3n) is 3.09. The number of carbonyl (C=O) groups excluding carboxylic acids is 2. The molecule has 1 unspecified atom stereocenters. The van der Waals surface area contributed by atoms with Crippen LogP contribution in [0.2, 0.25) is 0 Å². The van der Waals surface area contributed by atoms with Gasteiger partial charge in [0, 0.05) is 26.1 Å². The first-order valence-electron chi connectivity index (χ1n) is 5.95. The summed E-state index contributed by atoms with van der Waals surface area (Å²) in [5.74, 6) is 0.231. The summed E-state index contributed by atoms with van der Waals surface area (Å²) in [5, 5.41) is 0. The van der Waals surface area contributed by atoms with Crippen LogP contribution in [0.4, 0.5) is 0 Å². The Kier molecular flexibility index (Phi) is 3.47. The number of esters is 1. The van der Waals surface area contributed by atoms with E-state index < -0.39 is 10.9 Å². The topological polar surface area (TPSA) is 46.6 Å². The van der Waals surface area contributed by atoms with E-state index in [1.54, 1.807) is 0 Å². The minimum Gasteiger partial charge on any atom is -0.431 e. The van der Waals surface area contributed by atoms with Gasteiger partial charge in [-0.25, -0.2) is 4.79 Å². The van der Waals surface area contributed by atoms with Gasteiger partial charge in [0.2, 0.25) is 0 Å². The molecule has 5 heteroatoms. The molecule has 0 bridgehead atoms. The Morgan fingerprint density at radius 3 is 2.71 bits per heavy atom. The number of hydrogen-bond donors (Lipinski definition) is 0. The molecule has 2 aliphatic rings. The van der Waals surface area contributed by atoms with Crippen molar-refractivity contribution in [3.05, 3.63) is 11.8 Å². The molecule has 1 fully saturated rings. The molecule has 0 amide bonds. The standard InChI is InChI=1S/C12H17NO3S/c1-3-17-12(9(2)14)10(8-11(15)16-12)13-6-4-5-7-13/h8H,3-7H2,1-2H3. The van der Waals surface area contributed by atoms with Gasteiger partial charge in [-0.1, -0.05) is 6.92 Å². The number of ether oxygens (including phenoxy) is 1. The summed E-state index contributed by atoms with van der Waals surface area (Å²) >= 11 is 1.39. The first-order valence-corrected chi connectivity index (χ1v) is 6.94. The molecule has 0 aromatic heterocycles. The van der Waals surface area contributed by atoms with E-state index in [2.05, 4.69) is 4.90 Å². The maximum Gasteiger partial charge on any atom is 0.334 e. The lowest BCUT2D eigenvalue weighted by molar-refractivity contribution is -0.147. The Hall–Kier alpha value is -0.970. The molecule has 0 aromatic rings. The third-order valence-corrected chi connectivity index (χ3v) is 4.37. The van der Waals surface area contributed by atoms with Crippen LogP contribution in [0.1, 0.15) is 26.7 Å². The lowest BCUT2D eigenvalue weighted by Gasteiger charge is -2.32. The van der Waals surface area contributed by atoms with Crippen molar-refractivity contribution in [2.75, 3.05) is 18.8 Å². The van der Waals surface area contributed by atoms with Gasteiger partial charge in [0.15, 0.2) is 5.78 Å². The van der Waals surface area contributed by atoms with E-state index in [-0.39, 0.29) is 5.78 Å². The van der Waals surface area contributed by atoms with Gasteiger partial charge in [-0.2, -0.15) is 0 Å². The van der Waals surface area contributed by atoms with E-state index in [0.717, 1.165) is 37.4 Å². The van der Waals surface area contributed by atoms with Crippen LogP contribution >= 0.6 is 11.8 Å². The van der Waals surface area contributed by atoms with Crippen molar-refractivity contribution < 1.29 is 14.3 Å². The summed E-state index contributed by atoms with van der Waals surface area (Å²) in [7, 11) is 0. The van der Waals surface area contributed by atoms with Crippen molar-refractivity contribution in [3.63, 3.8) is 0 Å². The quantitative estimate of drug-likeness (QED) is 0.713. The summed E-state index contributed by atoms with van der Waals surface area (Å²) in [6, 6.07) is 0. The van der Waals surface area contributed by atoms with Crippen LogP contribution in [0.5, 0.6) is 0 Å². The lowest BCUT2D eigenvalue weighted by atomic mass is 10.1. The van der Waals surface area contributed by atoms with Crippen molar-refractivity contribution in [1.29, 1.82) is 0 Å². The summed E-state index contributed by atoms with van der Waals surface area (Å²) in [6.45, 7) is 5.26. The zero-order valence-corrected chi connectivity index (χ0v) is 11.0. The zero-order valence-electron chi connectivity index (χ0n) is 10.2. The monoisotopic (exact) mass is 255 g/mol. The molecule has 4 nitrogen and oxygen atoms in total. The second kappa shape index (κ2) is 4.72. The molecule has 0 radical (unpaired) electrons. The van der Waals surface area contributed by atoms with Gasteiger partial charge in [0.1, 0.15) is 0 Å². The average molecular weight is 255 g/mol. The highest BCUT2D eigenvalue weighted by Gasteiger charge is 2.50. The highest BCUT2D eigenvalue weighted by atomic mass is 32.2. The van der Waals surface area contributed by atoms with Gasteiger partial charge in [-0.15, -0.1) is 11.8 Å². The Balaban J connectivity index is 2.33. The Labute approximate surface area is 105 Å². The molecular weight excluding hydrogens is 238 g/mol. The van der Waals surface area contributed by atoms with Crippen molar-refractivity contribution >= 4 is 23.5 Å². The number of nitrogens with zero attached hydrogens (tertiary/aromatic N) is 1. The minimum atomic E-state index is -1.09. The third kappa shape index (κ3) is 2.08. The molecule has 0 spiro atoms. The van der Waals surface area contributed by atoms with Crippen LogP contribution in [0, 0.1) is 0 Å². The van der Waals surface area contributed by atoms with Gasteiger partial charge in [0.25, 0.3) is 4.93 Å². The maximum atomic E-state index is 11.9. The molecule has 0 N–H and O–H groups in total. The van der Waals surface area contributed by atoms with E-state index in [1.807, 2.05) is 6.92 Å². The molecule has 1 saturated heterocycles. The van der Waals surface area contributed by atoms with Crippen LogP contribution in [0.3, 0.4) is 0 Å². The molecule has 17 heavy (non-hydrogen) atoms. The molecule has 2 heterocycles. The van der Waals surface area contributed by atoms with E-state index in [4.69, 9.17) is 4.74 Å². The molecular formula is C12H17NO3S. The van der Waals surface area contributed by atoms with Gasteiger partial charge in [-0.3, -0.25) is 4.79 Å². The van der Waals surface area contributed by atoms with Gasteiger partial charge in [0.05, 0.1) is 5.70 Å². The number of thioether (sulfide) groups is 1. The van der Waals surface area contributed by atoms with Crippen LogP contribution in [0.25, 0.3) is 0 Å². The summed E-state index contributed by atoms with van der Waals surface area (Å²) in [5.41, 5.74) is 0.749. The number of rotatable bonds is 4.